The standard InChI is InChI=1S/C29H29ClO/c1-28(2,3)25-19-24(30)20-26(27(25)31-4)29(23-17-11-12-18-23,21-13-7-5-8-14-21)22-15-9-6-10-16-22/h5-11,13-20H,12H2,1-4H3. The van der Waals surface area contributed by atoms with E-state index < -0.39 is 5.41 Å². The summed E-state index contributed by atoms with van der Waals surface area (Å²) in [7, 11) is 1.77. The van der Waals surface area contributed by atoms with Crippen LogP contribution in [0.3, 0.4) is 0 Å². The highest BCUT2D eigenvalue weighted by Gasteiger charge is 2.43. The molecule has 4 rings (SSSR count). The first-order valence-corrected chi connectivity index (χ1v) is 11.1. The molecule has 0 saturated heterocycles. The third kappa shape index (κ3) is 3.72. The molecule has 0 fully saturated rings. The molecule has 0 aromatic heterocycles. The molecular formula is C29H29ClO. The Morgan fingerprint density at radius 2 is 1.35 bits per heavy atom. The van der Waals surface area contributed by atoms with E-state index in [1.54, 1.807) is 7.11 Å². The van der Waals surface area contributed by atoms with Crippen molar-refractivity contribution in [3.63, 3.8) is 0 Å². The van der Waals surface area contributed by atoms with Crippen LogP contribution in [0.4, 0.5) is 0 Å². The van der Waals surface area contributed by atoms with Gasteiger partial charge in [-0.25, -0.2) is 0 Å². The lowest BCUT2D eigenvalue weighted by atomic mass is 9.63. The van der Waals surface area contributed by atoms with Crippen molar-refractivity contribution in [3.05, 3.63) is 124 Å². The highest BCUT2D eigenvalue weighted by atomic mass is 35.5. The smallest absolute Gasteiger partial charge is 0.127 e. The maximum absolute atomic E-state index is 6.78. The van der Waals surface area contributed by atoms with Crippen LogP contribution in [0.5, 0.6) is 5.75 Å². The molecule has 0 unspecified atom stereocenters. The van der Waals surface area contributed by atoms with Crippen LogP contribution in [0.1, 0.15) is 49.4 Å². The first kappa shape index (κ1) is 21.5. The Morgan fingerprint density at radius 1 is 0.806 bits per heavy atom. The molecule has 158 valence electrons. The van der Waals surface area contributed by atoms with Crippen LogP contribution in [-0.4, -0.2) is 7.11 Å². The van der Waals surface area contributed by atoms with E-state index in [9.17, 15) is 0 Å². The summed E-state index contributed by atoms with van der Waals surface area (Å²) in [5, 5.41) is 0.722. The lowest BCUT2D eigenvalue weighted by Crippen LogP contribution is -2.32. The van der Waals surface area contributed by atoms with Gasteiger partial charge < -0.3 is 4.74 Å². The molecule has 1 aliphatic rings. The molecule has 1 nitrogen and oxygen atoms in total. The van der Waals surface area contributed by atoms with E-state index in [2.05, 4.69) is 106 Å². The Morgan fingerprint density at radius 3 is 1.81 bits per heavy atom. The van der Waals surface area contributed by atoms with Crippen LogP contribution >= 0.6 is 11.6 Å². The number of hydrogen-bond acceptors (Lipinski definition) is 1. The zero-order valence-corrected chi connectivity index (χ0v) is 19.4. The minimum absolute atomic E-state index is 0.121. The molecule has 0 spiro atoms. The third-order valence-electron chi connectivity index (χ3n) is 6.09. The predicted octanol–water partition coefficient (Wildman–Crippen LogP) is 7.87. The number of rotatable bonds is 5. The molecular weight excluding hydrogens is 400 g/mol. The lowest BCUT2D eigenvalue weighted by Gasteiger charge is -2.39. The van der Waals surface area contributed by atoms with E-state index in [0.29, 0.717) is 0 Å². The second-order valence-corrected chi connectivity index (χ2v) is 9.50. The Balaban J connectivity index is 2.20. The maximum Gasteiger partial charge on any atom is 0.127 e. The Kier molecular flexibility index (Phi) is 5.81. The molecule has 0 radical (unpaired) electrons. The summed E-state index contributed by atoms with van der Waals surface area (Å²) in [6.07, 6.45) is 7.71. The quantitative estimate of drug-likeness (QED) is 0.375. The minimum Gasteiger partial charge on any atom is -0.496 e. The molecule has 1 aliphatic carbocycles. The lowest BCUT2D eigenvalue weighted by molar-refractivity contribution is 0.388. The second kappa shape index (κ2) is 8.40. The normalized spacial score (nSPS) is 13.9. The zero-order valence-electron chi connectivity index (χ0n) is 18.7. The van der Waals surface area contributed by atoms with Crippen molar-refractivity contribution in [2.24, 2.45) is 0 Å². The molecule has 3 aromatic carbocycles. The van der Waals surface area contributed by atoms with Crippen molar-refractivity contribution in [2.45, 2.75) is 38.0 Å². The first-order chi connectivity index (χ1) is 14.9. The van der Waals surface area contributed by atoms with E-state index in [-0.39, 0.29) is 5.41 Å². The predicted molar refractivity (Wildman–Crippen MR) is 131 cm³/mol. The number of methoxy groups -OCH3 is 1. The molecule has 0 N–H and O–H groups in total. The van der Waals surface area contributed by atoms with Gasteiger partial charge in [-0.2, -0.15) is 0 Å². The van der Waals surface area contributed by atoms with Crippen molar-refractivity contribution < 1.29 is 4.74 Å². The molecule has 0 heterocycles. The Bertz CT molecular complexity index is 1080. The van der Waals surface area contributed by atoms with Gasteiger partial charge in [-0.3, -0.25) is 0 Å². The van der Waals surface area contributed by atoms with Gasteiger partial charge in [-0.15, -0.1) is 0 Å². The molecule has 0 bridgehead atoms. The van der Waals surface area contributed by atoms with Crippen molar-refractivity contribution >= 4 is 11.6 Å². The van der Waals surface area contributed by atoms with Gasteiger partial charge in [0.25, 0.3) is 0 Å². The molecule has 0 saturated carbocycles. The summed E-state index contributed by atoms with van der Waals surface area (Å²) in [6, 6.07) is 25.5. The maximum atomic E-state index is 6.78. The van der Waals surface area contributed by atoms with Gasteiger partial charge in [0.15, 0.2) is 0 Å². The number of allylic oxidation sites excluding steroid dienone is 4. The Hall–Kier alpha value is -2.77. The van der Waals surface area contributed by atoms with E-state index in [0.717, 1.165) is 28.3 Å². The van der Waals surface area contributed by atoms with Crippen LogP contribution in [0.15, 0.2) is 96.6 Å². The largest absolute Gasteiger partial charge is 0.496 e. The zero-order chi connectivity index (χ0) is 22.1. The molecule has 31 heavy (non-hydrogen) atoms. The number of halogens is 1. The van der Waals surface area contributed by atoms with Crippen LogP contribution in [0.2, 0.25) is 5.02 Å². The summed E-state index contributed by atoms with van der Waals surface area (Å²) in [5.41, 5.74) is 5.15. The average Bonchev–Trinajstić information content (AvgIpc) is 3.30. The minimum atomic E-state index is -0.536. The fourth-order valence-electron chi connectivity index (χ4n) is 4.73. The molecule has 3 aromatic rings. The summed E-state index contributed by atoms with van der Waals surface area (Å²) in [4.78, 5) is 0. The highest BCUT2D eigenvalue weighted by Crippen LogP contribution is 2.52. The van der Waals surface area contributed by atoms with Crippen molar-refractivity contribution in [2.75, 3.05) is 7.11 Å². The highest BCUT2D eigenvalue weighted by molar-refractivity contribution is 6.30. The molecule has 2 heteroatoms. The fraction of sp³-hybridized carbons (Fsp3) is 0.241. The van der Waals surface area contributed by atoms with Crippen molar-refractivity contribution in [3.8, 4) is 5.75 Å². The monoisotopic (exact) mass is 428 g/mol. The summed E-state index contributed by atoms with van der Waals surface area (Å²) < 4.78 is 6.16. The molecule has 0 atom stereocenters. The number of benzene rings is 3. The van der Waals surface area contributed by atoms with Gasteiger partial charge in [0.05, 0.1) is 12.5 Å². The SMILES string of the molecule is COc1c(C(C)(C)C)cc(Cl)cc1C(C1=CCC=C1)(c1ccccc1)c1ccccc1. The van der Waals surface area contributed by atoms with Crippen LogP contribution < -0.4 is 4.74 Å². The molecule has 0 amide bonds. The first-order valence-electron chi connectivity index (χ1n) is 10.8. The van der Waals surface area contributed by atoms with Gasteiger partial charge in [-0.1, -0.05) is 111 Å². The van der Waals surface area contributed by atoms with Crippen LogP contribution in [-0.2, 0) is 10.8 Å². The second-order valence-electron chi connectivity index (χ2n) is 9.06. The van der Waals surface area contributed by atoms with Gasteiger partial charge in [-0.05, 0) is 40.7 Å². The summed E-state index contributed by atoms with van der Waals surface area (Å²) in [6.45, 7) is 6.60. The van der Waals surface area contributed by atoms with E-state index >= 15 is 0 Å². The topological polar surface area (TPSA) is 9.23 Å². The average molecular weight is 429 g/mol. The van der Waals surface area contributed by atoms with Crippen LogP contribution in [0.25, 0.3) is 0 Å². The van der Waals surface area contributed by atoms with E-state index in [4.69, 9.17) is 16.3 Å². The summed E-state index contributed by atoms with van der Waals surface area (Å²) >= 11 is 6.78. The number of hydrogen-bond donors (Lipinski definition) is 0. The van der Waals surface area contributed by atoms with Crippen molar-refractivity contribution in [1.82, 2.24) is 0 Å². The molecule has 0 aliphatic heterocycles. The fourth-order valence-corrected chi connectivity index (χ4v) is 4.95. The van der Waals surface area contributed by atoms with Gasteiger partial charge in [0.2, 0.25) is 0 Å². The summed E-state index contributed by atoms with van der Waals surface area (Å²) in [5.74, 6) is 0.894. The van der Waals surface area contributed by atoms with Gasteiger partial charge in [0.1, 0.15) is 5.75 Å². The Labute approximate surface area is 191 Å². The third-order valence-corrected chi connectivity index (χ3v) is 6.31. The van der Waals surface area contributed by atoms with Crippen molar-refractivity contribution in [1.29, 1.82) is 0 Å². The van der Waals surface area contributed by atoms with Gasteiger partial charge >= 0.3 is 0 Å². The van der Waals surface area contributed by atoms with Crippen LogP contribution in [0, 0.1) is 0 Å². The van der Waals surface area contributed by atoms with Gasteiger partial charge in [0, 0.05) is 16.1 Å². The van der Waals surface area contributed by atoms with E-state index in [1.165, 1.54) is 16.7 Å². The van der Waals surface area contributed by atoms with E-state index in [1.807, 2.05) is 6.07 Å². The number of ether oxygens (including phenoxy) is 1.